The number of cyclic esters (lactones) is 2. The topological polar surface area (TPSA) is 94.2 Å². The van der Waals surface area contributed by atoms with Gasteiger partial charge in [-0.3, -0.25) is 0 Å². The largest absolute Gasteiger partial charge is 0.444 e. The molecule has 0 unspecified atom stereocenters. The minimum atomic E-state index is -1.29. The molecule has 8 heteroatoms. The molecule has 1 aromatic rings. The highest BCUT2D eigenvalue weighted by Gasteiger charge is 2.39. The quantitative estimate of drug-likeness (QED) is 0.461. The van der Waals surface area contributed by atoms with Gasteiger partial charge in [-0.25, -0.2) is 14.4 Å². The third-order valence-corrected chi connectivity index (χ3v) is 4.41. The highest BCUT2D eigenvalue weighted by Crippen LogP contribution is 2.28. The highest BCUT2D eigenvalue weighted by atomic mass is 16.7. The number of benzene rings is 1. The number of carbonyl (C=O) groups is 3. The van der Waals surface area contributed by atoms with Crippen LogP contribution in [0.1, 0.15) is 45.7 Å². The lowest BCUT2D eigenvalue weighted by atomic mass is 9.98. The number of carbonyl (C=O) groups excluding carboxylic acids is 3. The summed E-state index contributed by atoms with van der Waals surface area (Å²) in [6.45, 7) is 9.37. The van der Waals surface area contributed by atoms with Gasteiger partial charge in [0.2, 0.25) is 0 Å². The molecule has 0 saturated carbocycles. The summed E-state index contributed by atoms with van der Waals surface area (Å²) >= 11 is 0. The minimum Gasteiger partial charge on any atom is -0.444 e. The van der Waals surface area contributed by atoms with E-state index in [0.717, 1.165) is 11.1 Å². The first-order valence-corrected chi connectivity index (χ1v) is 9.47. The molecule has 0 aliphatic carbocycles. The SMILES string of the molecule is CC(C)(C)OC(=O)N1CCc2cccc(NC=C3C(=O)OC(C)(C)OC3=O)c2C1. The average molecular weight is 402 g/mol. The zero-order chi connectivity index (χ0) is 21.4. The Kier molecular flexibility index (Phi) is 5.30. The molecule has 1 amide bonds. The molecular formula is C21H26N2O6. The van der Waals surface area contributed by atoms with Crippen LogP contribution in [0.15, 0.2) is 30.0 Å². The van der Waals surface area contributed by atoms with Crippen LogP contribution < -0.4 is 5.32 Å². The van der Waals surface area contributed by atoms with Crippen LogP contribution in [0.4, 0.5) is 10.5 Å². The average Bonchev–Trinajstić information content (AvgIpc) is 2.58. The molecule has 2 heterocycles. The monoisotopic (exact) mass is 402 g/mol. The predicted molar refractivity (Wildman–Crippen MR) is 105 cm³/mol. The first-order chi connectivity index (χ1) is 13.5. The summed E-state index contributed by atoms with van der Waals surface area (Å²) in [7, 11) is 0. The molecule has 1 fully saturated rings. The first-order valence-electron chi connectivity index (χ1n) is 9.47. The van der Waals surface area contributed by atoms with Crippen molar-refractivity contribution in [1.82, 2.24) is 4.90 Å². The van der Waals surface area contributed by atoms with Crippen molar-refractivity contribution in [3.63, 3.8) is 0 Å². The van der Waals surface area contributed by atoms with Crippen molar-refractivity contribution in [3.05, 3.63) is 41.1 Å². The summed E-state index contributed by atoms with van der Waals surface area (Å²) in [5.74, 6) is -2.79. The molecule has 3 rings (SSSR count). The molecule has 29 heavy (non-hydrogen) atoms. The van der Waals surface area contributed by atoms with Crippen molar-refractivity contribution >= 4 is 23.7 Å². The summed E-state index contributed by atoms with van der Waals surface area (Å²) in [4.78, 5) is 38.3. The Bertz CT molecular complexity index is 860. The zero-order valence-electron chi connectivity index (χ0n) is 17.3. The molecule has 0 spiro atoms. The first kappa shape index (κ1) is 20.7. The molecule has 8 nitrogen and oxygen atoms in total. The molecule has 2 aliphatic rings. The Balaban J connectivity index is 1.79. The lowest BCUT2D eigenvalue weighted by molar-refractivity contribution is -0.222. The van der Waals surface area contributed by atoms with Crippen LogP contribution in [0.2, 0.25) is 0 Å². The van der Waals surface area contributed by atoms with Gasteiger partial charge in [0.05, 0.1) is 6.54 Å². The number of hydrogen-bond donors (Lipinski definition) is 1. The van der Waals surface area contributed by atoms with Crippen molar-refractivity contribution in [1.29, 1.82) is 0 Å². The Labute approximate surface area is 169 Å². The standard InChI is InChI=1S/C21H26N2O6/c1-20(2,3)29-19(26)23-10-9-13-7-6-8-16(15(13)12-23)22-11-14-17(24)27-21(4,5)28-18(14)25/h6-8,11,22H,9-10,12H2,1-5H3. The van der Waals surface area contributed by atoms with Gasteiger partial charge in [-0.2, -0.15) is 0 Å². The normalized spacial score (nSPS) is 18.4. The Morgan fingerprint density at radius 3 is 2.48 bits per heavy atom. The molecule has 1 saturated heterocycles. The van der Waals surface area contributed by atoms with Gasteiger partial charge in [-0.15, -0.1) is 0 Å². The Hall–Kier alpha value is -3.03. The van der Waals surface area contributed by atoms with Crippen LogP contribution in [0.3, 0.4) is 0 Å². The van der Waals surface area contributed by atoms with E-state index in [1.807, 2.05) is 39.0 Å². The number of esters is 2. The zero-order valence-corrected chi connectivity index (χ0v) is 17.3. The summed E-state index contributed by atoms with van der Waals surface area (Å²) in [5.41, 5.74) is 1.88. The van der Waals surface area contributed by atoms with Crippen LogP contribution in [-0.2, 0) is 36.8 Å². The van der Waals surface area contributed by atoms with Gasteiger partial charge in [0, 0.05) is 32.3 Å². The molecular weight excluding hydrogens is 376 g/mol. The number of hydrogen-bond acceptors (Lipinski definition) is 7. The van der Waals surface area contributed by atoms with Crippen molar-refractivity contribution in [2.45, 2.75) is 59.0 Å². The van der Waals surface area contributed by atoms with E-state index in [2.05, 4.69) is 5.32 Å². The van der Waals surface area contributed by atoms with Crippen LogP contribution in [0.25, 0.3) is 0 Å². The fourth-order valence-corrected chi connectivity index (χ4v) is 3.13. The number of anilines is 1. The van der Waals surface area contributed by atoms with E-state index in [9.17, 15) is 14.4 Å². The number of fused-ring (bicyclic) bond motifs is 1. The van der Waals surface area contributed by atoms with Crippen LogP contribution in [-0.4, -0.2) is 40.9 Å². The highest BCUT2D eigenvalue weighted by molar-refractivity contribution is 6.15. The van der Waals surface area contributed by atoms with Crippen LogP contribution in [0, 0.1) is 0 Å². The smallest absolute Gasteiger partial charge is 0.410 e. The Morgan fingerprint density at radius 2 is 1.86 bits per heavy atom. The number of nitrogens with one attached hydrogen (secondary N) is 1. The van der Waals surface area contributed by atoms with Crippen molar-refractivity contribution in [3.8, 4) is 0 Å². The van der Waals surface area contributed by atoms with E-state index in [0.29, 0.717) is 25.2 Å². The lowest BCUT2D eigenvalue weighted by Crippen LogP contribution is -2.42. The fourth-order valence-electron chi connectivity index (χ4n) is 3.13. The number of rotatable bonds is 2. The summed E-state index contributed by atoms with van der Waals surface area (Å²) in [6, 6.07) is 5.69. The third-order valence-electron chi connectivity index (χ3n) is 4.41. The Morgan fingerprint density at radius 1 is 1.21 bits per heavy atom. The van der Waals surface area contributed by atoms with E-state index in [1.54, 1.807) is 4.90 Å². The van der Waals surface area contributed by atoms with Gasteiger partial charge >= 0.3 is 18.0 Å². The second-order valence-corrected chi connectivity index (χ2v) is 8.48. The molecule has 1 N–H and O–H groups in total. The van der Waals surface area contributed by atoms with Crippen molar-refractivity contribution < 1.29 is 28.6 Å². The van der Waals surface area contributed by atoms with E-state index < -0.39 is 23.3 Å². The molecule has 2 aliphatic heterocycles. The lowest BCUT2D eigenvalue weighted by Gasteiger charge is -2.32. The minimum absolute atomic E-state index is 0.221. The second kappa shape index (κ2) is 7.42. The van der Waals surface area contributed by atoms with Crippen LogP contribution >= 0.6 is 0 Å². The maximum Gasteiger partial charge on any atom is 0.410 e. The van der Waals surface area contributed by atoms with Gasteiger partial charge in [0.15, 0.2) is 5.57 Å². The molecule has 156 valence electrons. The fraction of sp³-hybridized carbons (Fsp3) is 0.476. The van der Waals surface area contributed by atoms with Gasteiger partial charge in [-0.05, 0) is 44.4 Å². The molecule has 0 atom stereocenters. The predicted octanol–water partition coefficient (Wildman–Crippen LogP) is 3.11. The van der Waals surface area contributed by atoms with Crippen molar-refractivity contribution in [2.24, 2.45) is 0 Å². The van der Waals surface area contributed by atoms with E-state index >= 15 is 0 Å². The van der Waals surface area contributed by atoms with Gasteiger partial charge in [0.1, 0.15) is 5.60 Å². The van der Waals surface area contributed by atoms with Crippen molar-refractivity contribution in [2.75, 3.05) is 11.9 Å². The molecule has 0 radical (unpaired) electrons. The maximum absolute atomic E-state index is 12.4. The van der Waals surface area contributed by atoms with Crippen LogP contribution in [0.5, 0.6) is 0 Å². The van der Waals surface area contributed by atoms with Gasteiger partial charge < -0.3 is 24.4 Å². The number of nitrogens with zero attached hydrogens (tertiary/aromatic N) is 1. The summed E-state index contributed by atoms with van der Waals surface area (Å²) in [6.07, 6.45) is 1.58. The third kappa shape index (κ3) is 4.88. The van der Waals surface area contributed by atoms with E-state index in [4.69, 9.17) is 14.2 Å². The molecule has 1 aromatic carbocycles. The number of amides is 1. The number of ether oxygens (including phenoxy) is 3. The molecule has 0 bridgehead atoms. The van der Waals surface area contributed by atoms with Gasteiger partial charge in [-0.1, -0.05) is 12.1 Å². The van der Waals surface area contributed by atoms with E-state index in [-0.39, 0.29) is 11.7 Å². The maximum atomic E-state index is 12.4. The summed E-state index contributed by atoms with van der Waals surface area (Å²) in [5, 5.41) is 3.00. The second-order valence-electron chi connectivity index (χ2n) is 8.48. The molecule has 0 aromatic heterocycles. The van der Waals surface area contributed by atoms with E-state index in [1.165, 1.54) is 20.0 Å². The summed E-state index contributed by atoms with van der Waals surface area (Å²) < 4.78 is 15.7. The van der Waals surface area contributed by atoms with Gasteiger partial charge in [0.25, 0.3) is 5.79 Å².